The van der Waals surface area contributed by atoms with Crippen LogP contribution in [0.2, 0.25) is 0 Å². The molecule has 0 bridgehead atoms. The van der Waals surface area contributed by atoms with E-state index in [0.29, 0.717) is 31.4 Å². The molecule has 1 unspecified atom stereocenters. The van der Waals surface area contributed by atoms with Crippen molar-refractivity contribution in [3.8, 4) is 0 Å². The van der Waals surface area contributed by atoms with E-state index in [1.807, 2.05) is 40.1 Å². The molecule has 158 valence electrons. The molecule has 8 heteroatoms. The molecule has 1 saturated carbocycles. The number of hydrogen-bond acceptors (Lipinski definition) is 4. The van der Waals surface area contributed by atoms with Gasteiger partial charge in [0.2, 0.25) is 5.91 Å². The van der Waals surface area contributed by atoms with E-state index in [2.05, 4.69) is 9.97 Å². The van der Waals surface area contributed by atoms with Gasteiger partial charge in [0.05, 0.1) is 22.2 Å². The molecule has 2 aliphatic heterocycles. The highest BCUT2D eigenvalue weighted by molar-refractivity contribution is 6.09. The first kappa shape index (κ1) is 18.6. The second-order valence-electron chi connectivity index (χ2n) is 8.63. The van der Waals surface area contributed by atoms with Gasteiger partial charge >= 0.3 is 6.18 Å². The maximum atomic E-state index is 13.6. The van der Waals surface area contributed by atoms with E-state index in [9.17, 15) is 18.0 Å². The molecular weight excluding hydrogens is 405 g/mol. The molecule has 4 heterocycles. The Kier molecular flexibility index (Phi) is 3.71. The molecular formula is C23H19F3N4O. The minimum absolute atomic E-state index is 0.107. The number of hydrogen-bond donors (Lipinski definition) is 0. The van der Waals surface area contributed by atoms with Crippen LogP contribution in [0.25, 0.3) is 10.9 Å². The largest absolute Gasteiger partial charge is 0.417 e. The zero-order valence-electron chi connectivity index (χ0n) is 16.5. The summed E-state index contributed by atoms with van der Waals surface area (Å²) in [5.74, 6) is 1.21. The van der Waals surface area contributed by atoms with Gasteiger partial charge in [0.25, 0.3) is 0 Å². The summed E-state index contributed by atoms with van der Waals surface area (Å²) >= 11 is 0. The zero-order valence-corrected chi connectivity index (χ0v) is 16.5. The number of aromatic nitrogens is 2. The molecule has 5 nitrogen and oxygen atoms in total. The molecule has 0 N–H and O–H groups in total. The molecule has 1 aromatic carbocycles. The quantitative estimate of drug-likeness (QED) is 0.621. The number of fused-ring (bicyclic) bond motifs is 2. The first-order valence-corrected chi connectivity index (χ1v) is 10.3. The number of carbonyl (C=O) groups excluding carboxylic acids is 1. The highest BCUT2D eigenvalue weighted by Crippen LogP contribution is 2.68. The molecule has 1 amide bonds. The third kappa shape index (κ3) is 2.60. The molecule has 3 atom stereocenters. The molecule has 0 radical (unpaired) electrons. The van der Waals surface area contributed by atoms with E-state index in [1.54, 1.807) is 6.20 Å². The number of nitrogens with zero attached hydrogens (tertiary/aromatic N) is 4. The maximum absolute atomic E-state index is 13.6. The minimum Gasteiger partial charge on any atom is -0.356 e. The molecule has 2 saturated heterocycles. The summed E-state index contributed by atoms with van der Waals surface area (Å²) in [6.45, 7) is 1.87. The summed E-state index contributed by atoms with van der Waals surface area (Å²) in [6.07, 6.45) is -0.951. The Labute approximate surface area is 176 Å². The normalized spacial score (nSPS) is 27.4. The van der Waals surface area contributed by atoms with Crippen LogP contribution < -0.4 is 9.80 Å². The van der Waals surface area contributed by atoms with Gasteiger partial charge < -0.3 is 9.80 Å². The Morgan fingerprint density at radius 3 is 2.68 bits per heavy atom. The summed E-state index contributed by atoms with van der Waals surface area (Å²) in [5.41, 5.74) is 0.496. The summed E-state index contributed by atoms with van der Waals surface area (Å²) < 4.78 is 38.6. The van der Waals surface area contributed by atoms with E-state index in [0.717, 1.165) is 35.3 Å². The fourth-order valence-electron chi connectivity index (χ4n) is 5.66. The second kappa shape index (κ2) is 6.18. The van der Waals surface area contributed by atoms with Gasteiger partial charge in [0.15, 0.2) is 0 Å². The Morgan fingerprint density at radius 1 is 1.03 bits per heavy atom. The Morgan fingerprint density at radius 2 is 1.90 bits per heavy atom. The molecule has 31 heavy (non-hydrogen) atoms. The predicted molar refractivity (Wildman–Crippen MR) is 110 cm³/mol. The van der Waals surface area contributed by atoms with Crippen LogP contribution in [-0.4, -0.2) is 35.5 Å². The van der Waals surface area contributed by atoms with Crippen molar-refractivity contribution >= 4 is 28.3 Å². The lowest BCUT2D eigenvalue weighted by Gasteiger charge is -2.34. The van der Waals surface area contributed by atoms with Crippen LogP contribution in [0.3, 0.4) is 0 Å². The van der Waals surface area contributed by atoms with Crippen LogP contribution in [0.1, 0.15) is 12.0 Å². The van der Waals surface area contributed by atoms with Crippen molar-refractivity contribution in [1.29, 1.82) is 0 Å². The van der Waals surface area contributed by atoms with Gasteiger partial charge in [-0.3, -0.25) is 9.78 Å². The molecule has 1 spiro atoms. The monoisotopic (exact) mass is 424 g/mol. The van der Waals surface area contributed by atoms with Crippen LogP contribution in [0.5, 0.6) is 0 Å². The lowest BCUT2D eigenvalue weighted by Crippen LogP contribution is -2.45. The lowest BCUT2D eigenvalue weighted by molar-refractivity contribution is -0.137. The van der Waals surface area contributed by atoms with Crippen LogP contribution in [-0.2, 0) is 11.0 Å². The predicted octanol–water partition coefficient (Wildman–Crippen LogP) is 4.14. The Bertz CT molecular complexity index is 1190. The smallest absolute Gasteiger partial charge is 0.356 e. The van der Waals surface area contributed by atoms with Gasteiger partial charge in [-0.05, 0) is 54.7 Å². The van der Waals surface area contributed by atoms with Gasteiger partial charge in [0.1, 0.15) is 5.82 Å². The summed E-state index contributed by atoms with van der Waals surface area (Å²) in [5, 5.41) is 0.949. The van der Waals surface area contributed by atoms with Crippen LogP contribution in [0, 0.1) is 17.3 Å². The van der Waals surface area contributed by atoms with Gasteiger partial charge in [-0.1, -0.05) is 6.07 Å². The maximum Gasteiger partial charge on any atom is 0.417 e. The third-order valence-corrected chi connectivity index (χ3v) is 7.20. The van der Waals surface area contributed by atoms with Crippen molar-refractivity contribution in [2.45, 2.75) is 12.6 Å². The second-order valence-corrected chi connectivity index (χ2v) is 8.63. The first-order chi connectivity index (χ1) is 14.9. The number of anilines is 2. The number of piperidine rings is 2. The Balaban J connectivity index is 1.29. The fourth-order valence-corrected chi connectivity index (χ4v) is 5.66. The van der Waals surface area contributed by atoms with E-state index >= 15 is 0 Å². The van der Waals surface area contributed by atoms with Crippen molar-refractivity contribution < 1.29 is 18.0 Å². The van der Waals surface area contributed by atoms with E-state index in [-0.39, 0.29) is 11.8 Å². The number of alkyl halides is 3. The van der Waals surface area contributed by atoms with Crippen molar-refractivity contribution in [1.82, 2.24) is 9.97 Å². The highest BCUT2D eigenvalue weighted by atomic mass is 19.4. The van der Waals surface area contributed by atoms with Crippen LogP contribution in [0.4, 0.5) is 24.7 Å². The standard InChI is InChI=1S/C23H19F3N4O/c24-23(25,26)14-6-7-20(28-11-14)29-10-8-16-17-12-30(21(31)22(16,17)13-29)19-5-1-4-18-15(19)3-2-9-27-18/h1-7,9,11,16-17H,8,10,12-13H2/t16-,17?,22+/m0/s1. The van der Waals surface area contributed by atoms with Gasteiger partial charge in [-0.15, -0.1) is 0 Å². The van der Waals surface area contributed by atoms with Crippen LogP contribution >= 0.6 is 0 Å². The molecule has 3 fully saturated rings. The number of rotatable bonds is 2. The van der Waals surface area contributed by atoms with Crippen LogP contribution in [0.15, 0.2) is 54.9 Å². The highest BCUT2D eigenvalue weighted by Gasteiger charge is 2.75. The molecule has 3 aliphatic rings. The van der Waals surface area contributed by atoms with E-state index < -0.39 is 17.2 Å². The number of carbonyl (C=O) groups is 1. The van der Waals surface area contributed by atoms with Gasteiger partial charge in [-0.2, -0.15) is 13.2 Å². The van der Waals surface area contributed by atoms with E-state index in [4.69, 9.17) is 0 Å². The number of pyridine rings is 2. The zero-order chi connectivity index (χ0) is 21.4. The average Bonchev–Trinajstić information content (AvgIpc) is 3.34. The first-order valence-electron chi connectivity index (χ1n) is 10.3. The lowest BCUT2D eigenvalue weighted by atomic mass is 9.95. The van der Waals surface area contributed by atoms with Gasteiger partial charge in [-0.25, -0.2) is 4.98 Å². The Hall–Kier alpha value is -3.16. The average molecular weight is 424 g/mol. The SMILES string of the molecule is O=C1N(c2cccc3ncccc23)CC2[C@@H]3CCN(c4ccc(C(F)(F)F)cn4)C[C@]123. The van der Waals surface area contributed by atoms with E-state index in [1.165, 1.54) is 6.07 Å². The van der Waals surface area contributed by atoms with Gasteiger partial charge in [0, 0.05) is 37.4 Å². The topological polar surface area (TPSA) is 49.3 Å². The number of benzene rings is 1. The molecule has 2 aromatic heterocycles. The minimum atomic E-state index is -4.41. The molecule has 3 aromatic rings. The van der Waals surface area contributed by atoms with Crippen molar-refractivity contribution in [3.63, 3.8) is 0 Å². The summed E-state index contributed by atoms with van der Waals surface area (Å²) in [4.78, 5) is 25.9. The molecule has 1 aliphatic carbocycles. The number of halogens is 3. The van der Waals surface area contributed by atoms with Crippen molar-refractivity contribution in [2.75, 3.05) is 29.4 Å². The van der Waals surface area contributed by atoms with Crippen molar-refractivity contribution in [2.24, 2.45) is 17.3 Å². The van der Waals surface area contributed by atoms with Crippen molar-refractivity contribution in [3.05, 3.63) is 60.4 Å². The summed E-state index contributed by atoms with van der Waals surface area (Å²) in [6, 6.07) is 12.1. The molecule has 6 rings (SSSR count). The fraction of sp³-hybridized carbons (Fsp3) is 0.348. The summed E-state index contributed by atoms with van der Waals surface area (Å²) in [7, 11) is 0. The number of amides is 1. The third-order valence-electron chi connectivity index (χ3n) is 7.20.